The van der Waals surface area contributed by atoms with Crippen molar-refractivity contribution in [2.45, 2.75) is 49.1 Å². The van der Waals surface area contributed by atoms with Gasteiger partial charge in [0.05, 0.1) is 12.0 Å². The molecule has 1 N–H and O–H groups in total. The molecule has 1 aromatic rings. The predicted octanol–water partition coefficient (Wildman–Crippen LogP) is 2.01. The number of rotatable bonds is 5. The van der Waals surface area contributed by atoms with Crippen LogP contribution in [0.25, 0.3) is 0 Å². The Morgan fingerprint density at radius 3 is 2.65 bits per heavy atom. The second-order valence-corrected chi connectivity index (χ2v) is 8.44. The number of carbonyl (C=O) groups is 1. The van der Waals surface area contributed by atoms with E-state index in [0.29, 0.717) is 6.42 Å². The highest BCUT2D eigenvalue weighted by molar-refractivity contribution is 7.89. The molecule has 3 unspecified atom stereocenters. The van der Waals surface area contributed by atoms with Crippen molar-refractivity contribution in [1.82, 2.24) is 4.31 Å². The summed E-state index contributed by atoms with van der Waals surface area (Å²) in [5, 5.41) is 20.6. The Hall–Kier alpha value is -2.20. The summed E-state index contributed by atoms with van der Waals surface area (Å²) in [6.45, 7) is 0. The van der Waals surface area contributed by atoms with Gasteiger partial charge in [-0.05, 0) is 31.2 Å². The van der Waals surface area contributed by atoms with Gasteiger partial charge >= 0.3 is 5.97 Å². The number of hydrogen-bond donors (Lipinski definition) is 1. The normalized spacial score (nSPS) is 26.3. The average molecular weight is 384 g/mol. The molecule has 3 atom stereocenters. The molecule has 0 amide bonds. The van der Waals surface area contributed by atoms with E-state index in [1.165, 1.54) is 13.2 Å². The van der Waals surface area contributed by atoms with Gasteiger partial charge in [0.15, 0.2) is 0 Å². The number of aliphatic carboxylic acids is 1. The Balaban J connectivity index is 2.12. The van der Waals surface area contributed by atoms with E-state index >= 15 is 0 Å². The van der Waals surface area contributed by atoms with Crippen molar-refractivity contribution in [3.05, 3.63) is 28.3 Å². The van der Waals surface area contributed by atoms with Crippen LogP contribution in [0.4, 0.5) is 5.69 Å². The second-order valence-electron chi connectivity index (χ2n) is 6.63. The second kappa shape index (κ2) is 6.84. The summed E-state index contributed by atoms with van der Waals surface area (Å²) in [5.41, 5.74) is -0.393. The van der Waals surface area contributed by atoms with Crippen LogP contribution in [0.2, 0.25) is 0 Å². The van der Waals surface area contributed by atoms with Crippen LogP contribution < -0.4 is 4.74 Å². The Labute approximate surface area is 150 Å². The Bertz CT molecular complexity index is 839. The van der Waals surface area contributed by atoms with Crippen molar-refractivity contribution >= 4 is 21.7 Å². The van der Waals surface area contributed by atoms with Crippen LogP contribution in [0, 0.1) is 16.0 Å². The Morgan fingerprint density at radius 2 is 2.04 bits per heavy atom. The lowest BCUT2D eigenvalue weighted by molar-refractivity contribution is -0.385. The summed E-state index contributed by atoms with van der Waals surface area (Å²) < 4.78 is 32.8. The predicted molar refractivity (Wildman–Crippen MR) is 90.5 cm³/mol. The summed E-state index contributed by atoms with van der Waals surface area (Å²) in [5.74, 6) is -1.25. The highest BCUT2D eigenvalue weighted by atomic mass is 32.2. The molecule has 1 saturated heterocycles. The number of carboxylic acids is 1. The first kappa shape index (κ1) is 18.6. The molecule has 10 heteroatoms. The van der Waals surface area contributed by atoms with Crippen LogP contribution in [0.3, 0.4) is 0 Å². The molecule has 0 aromatic heterocycles. The molecule has 1 saturated carbocycles. The molecule has 9 nitrogen and oxygen atoms in total. The number of sulfonamides is 1. The lowest BCUT2D eigenvalue weighted by Crippen LogP contribution is -2.46. The van der Waals surface area contributed by atoms with Gasteiger partial charge in [-0.2, -0.15) is 4.31 Å². The van der Waals surface area contributed by atoms with E-state index < -0.39 is 38.7 Å². The van der Waals surface area contributed by atoms with E-state index in [9.17, 15) is 28.4 Å². The number of non-ortho nitro benzene ring substituents is 1. The minimum absolute atomic E-state index is 0.00989. The molecule has 1 heterocycles. The number of benzene rings is 1. The van der Waals surface area contributed by atoms with Gasteiger partial charge < -0.3 is 9.84 Å². The quantitative estimate of drug-likeness (QED) is 0.607. The van der Waals surface area contributed by atoms with Crippen LogP contribution in [-0.2, 0) is 14.8 Å². The number of nitrogens with zero attached hydrogens (tertiary/aromatic N) is 2. The summed E-state index contributed by atoms with van der Waals surface area (Å²) in [4.78, 5) is 21.7. The first-order valence-corrected chi connectivity index (χ1v) is 9.80. The van der Waals surface area contributed by atoms with E-state index in [0.717, 1.165) is 35.7 Å². The lowest BCUT2D eigenvalue weighted by Gasteiger charge is -2.32. The standard InChI is InChI=1S/C16H20N2O7S/c1-25-14-7-6-11(18(21)22)9-15(14)26(23,24)17-12-5-3-2-4-10(12)8-13(17)16(19)20/h6-7,9-10,12-13H,2-5,8H2,1H3,(H,19,20). The van der Waals surface area contributed by atoms with Crippen LogP contribution in [0.5, 0.6) is 5.75 Å². The van der Waals surface area contributed by atoms with Gasteiger partial charge in [0.25, 0.3) is 5.69 Å². The SMILES string of the molecule is COc1ccc([N+](=O)[O-])cc1S(=O)(=O)N1C(C(=O)O)CC2CCCCC21. The highest BCUT2D eigenvalue weighted by Gasteiger charge is 2.51. The van der Waals surface area contributed by atoms with Gasteiger partial charge in [-0.3, -0.25) is 14.9 Å². The van der Waals surface area contributed by atoms with Crippen molar-refractivity contribution in [3.63, 3.8) is 0 Å². The Morgan fingerprint density at radius 1 is 1.35 bits per heavy atom. The van der Waals surface area contributed by atoms with E-state index in [1.54, 1.807) is 0 Å². The number of nitro benzene ring substituents is 1. The number of fused-ring (bicyclic) bond motifs is 1. The largest absolute Gasteiger partial charge is 0.495 e. The minimum Gasteiger partial charge on any atom is -0.495 e. The lowest BCUT2D eigenvalue weighted by atomic mass is 9.85. The number of hydrogen-bond acceptors (Lipinski definition) is 6. The minimum atomic E-state index is -4.28. The molecule has 0 bridgehead atoms. The van der Waals surface area contributed by atoms with Gasteiger partial charge in [-0.1, -0.05) is 12.8 Å². The van der Waals surface area contributed by atoms with Gasteiger partial charge in [0, 0.05) is 18.2 Å². The number of ether oxygens (including phenoxy) is 1. The molecule has 2 fully saturated rings. The first-order valence-electron chi connectivity index (χ1n) is 8.36. The van der Waals surface area contributed by atoms with Crippen molar-refractivity contribution in [2.75, 3.05) is 7.11 Å². The number of carboxylic acid groups (broad SMARTS) is 1. The fraction of sp³-hybridized carbons (Fsp3) is 0.562. The van der Waals surface area contributed by atoms with Crippen molar-refractivity contribution in [1.29, 1.82) is 0 Å². The van der Waals surface area contributed by atoms with Gasteiger partial charge in [-0.15, -0.1) is 0 Å². The number of methoxy groups -OCH3 is 1. The van der Waals surface area contributed by atoms with Crippen LogP contribution >= 0.6 is 0 Å². The van der Waals surface area contributed by atoms with Gasteiger partial charge in [0.1, 0.15) is 16.7 Å². The molecule has 1 aliphatic carbocycles. The molecular weight excluding hydrogens is 364 g/mol. The zero-order valence-corrected chi connectivity index (χ0v) is 15.0. The molecule has 1 aliphatic heterocycles. The Kier molecular flexibility index (Phi) is 4.89. The molecule has 3 rings (SSSR count). The maximum atomic E-state index is 13.3. The van der Waals surface area contributed by atoms with E-state index in [1.807, 2.05) is 0 Å². The first-order chi connectivity index (χ1) is 12.3. The molecule has 0 spiro atoms. The van der Waals surface area contributed by atoms with Gasteiger partial charge in [-0.25, -0.2) is 8.42 Å². The molecule has 26 heavy (non-hydrogen) atoms. The molecular formula is C16H20N2O7S. The van der Waals surface area contributed by atoms with Crippen LogP contribution in [-0.4, -0.2) is 47.9 Å². The van der Waals surface area contributed by atoms with Crippen molar-refractivity contribution in [2.24, 2.45) is 5.92 Å². The summed E-state index contributed by atoms with van der Waals surface area (Å²) in [6.07, 6.45) is 3.40. The fourth-order valence-electron chi connectivity index (χ4n) is 4.07. The third-order valence-corrected chi connectivity index (χ3v) is 7.18. The zero-order chi connectivity index (χ0) is 19.1. The van der Waals surface area contributed by atoms with E-state index in [2.05, 4.69) is 0 Å². The molecule has 1 aromatic carbocycles. The number of nitro groups is 1. The highest BCUT2D eigenvalue weighted by Crippen LogP contribution is 2.44. The fourth-order valence-corrected chi connectivity index (χ4v) is 6.12. The third kappa shape index (κ3) is 3.03. The topological polar surface area (TPSA) is 127 Å². The monoisotopic (exact) mass is 384 g/mol. The summed E-state index contributed by atoms with van der Waals surface area (Å²) in [7, 11) is -3.01. The maximum Gasteiger partial charge on any atom is 0.322 e. The smallest absolute Gasteiger partial charge is 0.322 e. The summed E-state index contributed by atoms with van der Waals surface area (Å²) >= 11 is 0. The van der Waals surface area contributed by atoms with E-state index in [4.69, 9.17) is 4.74 Å². The zero-order valence-electron chi connectivity index (χ0n) is 14.2. The van der Waals surface area contributed by atoms with E-state index in [-0.39, 0.29) is 23.0 Å². The molecule has 142 valence electrons. The van der Waals surface area contributed by atoms with Crippen molar-refractivity contribution < 1.29 is 28.0 Å². The maximum absolute atomic E-state index is 13.3. The molecule has 0 radical (unpaired) electrons. The van der Waals surface area contributed by atoms with Gasteiger partial charge in [0.2, 0.25) is 10.0 Å². The van der Waals surface area contributed by atoms with Crippen LogP contribution in [0.15, 0.2) is 23.1 Å². The van der Waals surface area contributed by atoms with Crippen LogP contribution in [0.1, 0.15) is 32.1 Å². The molecule has 2 aliphatic rings. The summed E-state index contributed by atoms with van der Waals surface area (Å²) in [6, 6.07) is 1.73. The average Bonchev–Trinajstić information content (AvgIpc) is 3.01. The third-order valence-electron chi connectivity index (χ3n) is 5.23. The van der Waals surface area contributed by atoms with Crippen molar-refractivity contribution in [3.8, 4) is 5.75 Å².